The smallest absolute Gasteiger partial charge is 0.271 e. The minimum Gasteiger partial charge on any atom is -0.309 e. The van der Waals surface area contributed by atoms with Crippen molar-refractivity contribution in [2.24, 2.45) is 5.10 Å². The molecule has 0 spiro atoms. The largest absolute Gasteiger partial charge is 0.309 e. The molecular weight excluding hydrogens is 535 g/mol. The number of non-ortho nitro benzene ring substituents is 1. The van der Waals surface area contributed by atoms with Gasteiger partial charge in [0.15, 0.2) is 0 Å². The van der Waals surface area contributed by atoms with Crippen LogP contribution < -0.4 is 5.43 Å². The van der Waals surface area contributed by atoms with Crippen molar-refractivity contribution in [3.05, 3.63) is 140 Å². The number of aromatic nitrogens is 1. The summed E-state index contributed by atoms with van der Waals surface area (Å²) in [5.41, 5.74) is 7.81. The van der Waals surface area contributed by atoms with Gasteiger partial charge in [-0.1, -0.05) is 83.9 Å². The van der Waals surface area contributed by atoms with Crippen LogP contribution in [0.3, 0.4) is 0 Å². The third-order valence-electron chi connectivity index (χ3n) is 6.02. The summed E-state index contributed by atoms with van der Waals surface area (Å²) in [7, 11) is 0. The van der Waals surface area contributed by atoms with E-state index in [0.717, 1.165) is 33.8 Å². The summed E-state index contributed by atoms with van der Waals surface area (Å²) in [6.07, 6.45) is 1.58. The Morgan fingerprint density at radius 1 is 0.821 bits per heavy atom. The maximum atomic E-state index is 12.7. The van der Waals surface area contributed by atoms with E-state index in [9.17, 15) is 14.9 Å². The van der Waals surface area contributed by atoms with Crippen molar-refractivity contribution in [3.8, 4) is 28.2 Å². The summed E-state index contributed by atoms with van der Waals surface area (Å²) in [5.74, 6) is -0.441. The Morgan fingerprint density at radius 2 is 1.46 bits per heavy atom. The Morgan fingerprint density at radius 3 is 2.08 bits per heavy atom. The molecule has 0 bridgehead atoms. The molecule has 192 valence electrons. The summed E-state index contributed by atoms with van der Waals surface area (Å²) >= 11 is 12.0. The number of halogens is 2. The van der Waals surface area contributed by atoms with Crippen molar-refractivity contribution in [2.45, 2.75) is 0 Å². The number of nitrogens with zero attached hydrogens (tertiary/aromatic N) is 3. The second-order valence-corrected chi connectivity index (χ2v) is 9.32. The van der Waals surface area contributed by atoms with E-state index in [2.05, 4.69) is 10.5 Å². The number of nitrogens with one attached hydrogen (secondary N) is 1. The molecule has 0 aliphatic rings. The van der Waals surface area contributed by atoms with Crippen LogP contribution in [0.2, 0.25) is 10.0 Å². The summed E-state index contributed by atoms with van der Waals surface area (Å²) in [6, 6.07) is 32.4. The highest BCUT2D eigenvalue weighted by Gasteiger charge is 2.19. The van der Waals surface area contributed by atoms with Gasteiger partial charge in [0.05, 0.1) is 32.6 Å². The lowest BCUT2D eigenvalue weighted by Crippen LogP contribution is -2.17. The maximum Gasteiger partial charge on any atom is 0.271 e. The molecule has 0 aliphatic carbocycles. The number of hydrazone groups is 1. The van der Waals surface area contributed by atoms with Gasteiger partial charge in [-0.2, -0.15) is 5.10 Å². The Labute approximate surface area is 234 Å². The molecule has 9 heteroatoms. The van der Waals surface area contributed by atoms with Crippen LogP contribution in [0.5, 0.6) is 0 Å². The summed E-state index contributed by atoms with van der Waals surface area (Å²) in [4.78, 5) is 23.5. The quantitative estimate of drug-likeness (QED) is 0.126. The molecule has 0 saturated carbocycles. The molecule has 1 heterocycles. The minimum atomic E-state index is -0.441. The number of hydrogen-bond acceptors (Lipinski definition) is 4. The Balaban J connectivity index is 1.62. The van der Waals surface area contributed by atoms with E-state index < -0.39 is 10.8 Å². The highest BCUT2D eigenvalue weighted by molar-refractivity contribution is 6.42. The van der Waals surface area contributed by atoms with Crippen LogP contribution in [0, 0.1) is 10.1 Å². The SMILES string of the molecule is O=C(N/N=C\c1cc(-c2ccccc2)n(-c2ccc([N+](=O)[O-])cc2)c1-c1ccccc1)c1ccc(Cl)c(Cl)c1. The Kier molecular flexibility index (Phi) is 7.54. The molecule has 39 heavy (non-hydrogen) atoms. The van der Waals surface area contributed by atoms with E-state index in [0.29, 0.717) is 10.6 Å². The molecule has 0 radical (unpaired) electrons. The van der Waals surface area contributed by atoms with E-state index in [1.165, 1.54) is 18.2 Å². The van der Waals surface area contributed by atoms with Gasteiger partial charge >= 0.3 is 0 Å². The zero-order valence-corrected chi connectivity index (χ0v) is 21.8. The van der Waals surface area contributed by atoms with Crippen molar-refractivity contribution in [1.82, 2.24) is 9.99 Å². The number of benzene rings is 4. The highest BCUT2D eigenvalue weighted by Crippen LogP contribution is 2.35. The topological polar surface area (TPSA) is 89.5 Å². The van der Waals surface area contributed by atoms with Gasteiger partial charge in [0.2, 0.25) is 0 Å². The standard InChI is InChI=1S/C30H20Cl2N4O3/c31-26-16-11-22(17-27(26)32)30(37)34-33-19-23-18-28(20-7-3-1-4-8-20)35(29(23)21-9-5-2-6-10-21)24-12-14-25(15-13-24)36(38)39/h1-19H,(H,34,37)/b33-19-. The van der Waals surface area contributed by atoms with Crippen LogP contribution in [-0.4, -0.2) is 21.6 Å². The highest BCUT2D eigenvalue weighted by atomic mass is 35.5. The molecule has 0 saturated heterocycles. The molecule has 7 nitrogen and oxygen atoms in total. The second kappa shape index (κ2) is 11.3. The first-order chi connectivity index (χ1) is 18.9. The molecular formula is C30H20Cl2N4O3. The van der Waals surface area contributed by atoms with Crippen molar-refractivity contribution < 1.29 is 9.72 Å². The van der Waals surface area contributed by atoms with Crippen LogP contribution in [0.1, 0.15) is 15.9 Å². The average Bonchev–Trinajstić information content (AvgIpc) is 3.34. The first kappa shape index (κ1) is 25.9. The Hall–Kier alpha value is -4.72. The Bertz CT molecular complexity index is 1680. The number of nitro benzene ring substituents is 1. The van der Waals surface area contributed by atoms with Crippen molar-refractivity contribution in [2.75, 3.05) is 0 Å². The van der Waals surface area contributed by atoms with Crippen molar-refractivity contribution in [1.29, 1.82) is 0 Å². The summed E-state index contributed by atoms with van der Waals surface area (Å²) in [6.45, 7) is 0. The molecule has 1 amide bonds. The van der Waals surface area contributed by atoms with E-state index in [1.54, 1.807) is 30.5 Å². The zero-order chi connectivity index (χ0) is 27.4. The second-order valence-electron chi connectivity index (χ2n) is 8.50. The maximum absolute atomic E-state index is 12.7. The number of amides is 1. The van der Waals surface area contributed by atoms with Gasteiger partial charge in [0.1, 0.15) is 0 Å². The van der Waals surface area contributed by atoms with Crippen LogP contribution in [0.15, 0.2) is 114 Å². The van der Waals surface area contributed by atoms with Gasteiger partial charge in [-0.15, -0.1) is 0 Å². The van der Waals surface area contributed by atoms with Crippen LogP contribution >= 0.6 is 23.2 Å². The fraction of sp³-hybridized carbons (Fsp3) is 0. The summed E-state index contributed by atoms with van der Waals surface area (Å²) in [5, 5.41) is 16.1. The van der Waals surface area contributed by atoms with Crippen LogP contribution in [0.25, 0.3) is 28.2 Å². The monoisotopic (exact) mass is 554 g/mol. The van der Waals surface area contributed by atoms with Gasteiger partial charge in [-0.25, -0.2) is 5.43 Å². The van der Waals surface area contributed by atoms with Gasteiger partial charge in [0, 0.05) is 28.9 Å². The molecule has 4 aromatic carbocycles. The fourth-order valence-electron chi connectivity index (χ4n) is 4.20. The average molecular weight is 555 g/mol. The minimum absolute atomic E-state index is 0.000213. The van der Waals surface area contributed by atoms with E-state index >= 15 is 0 Å². The van der Waals surface area contributed by atoms with Crippen molar-refractivity contribution in [3.63, 3.8) is 0 Å². The number of carbonyl (C=O) groups is 1. The third kappa shape index (κ3) is 5.60. The normalized spacial score (nSPS) is 11.0. The molecule has 5 rings (SSSR count). The number of nitro groups is 1. The number of rotatable bonds is 7. The molecule has 0 aliphatic heterocycles. The van der Waals surface area contributed by atoms with Crippen LogP contribution in [0.4, 0.5) is 5.69 Å². The predicted octanol–water partition coefficient (Wildman–Crippen LogP) is 7.79. The van der Waals surface area contributed by atoms with E-state index in [4.69, 9.17) is 23.2 Å². The zero-order valence-electron chi connectivity index (χ0n) is 20.3. The molecule has 5 aromatic rings. The molecule has 0 atom stereocenters. The van der Waals surface area contributed by atoms with Gasteiger partial charge in [-0.3, -0.25) is 14.9 Å². The lowest BCUT2D eigenvalue weighted by molar-refractivity contribution is -0.384. The first-order valence-electron chi connectivity index (χ1n) is 11.8. The first-order valence-corrected chi connectivity index (χ1v) is 12.6. The van der Waals surface area contributed by atoms with Crippen LogP contribution in [-0.2, 0) is 0 Å². The number of carbonyl (C=O) groups excluding carboxylic acids is 1. The van der Waals surface area contributed by atoms with E-state index in [-0.39, 0.29) is 10.7 Å². The van der Waals surface area contributed by atoms with Gasteiger partial charge < -0.3 is 4.57 Å². The van der Waals surface area contributed by atoms with Crippen molar-refractivity contribution >= 4 is 41.0 Å². The molecule has 0 fully saturated rings. The third-order valence-corrected chi connectivity index (χ3v) is 6.76. The molecule has 1 N–H and O–H groups in total. The predicted molar refractivity (Wildman–Crippen MR) is 155 cm³/mol. The fourth-order valence-corrected chi connectivity index (χ4v) is 4.49. The van der Waals surface area contributed by atoms with Gasteiger partial charge in [-0.05, 0) is 47.5 Å². The number of hydrogen-bond donors (Lipinski definition) is 1. The van der Waals surface area contributed by atoms with Gasteiger partial charge in [0.25, 0.3) is 11.6 Å². The lowest BCUT2D eigenvalue weighted by atomic mass is 10.1. The lowest BCUT2D eigenvalue weighted by Gasteiger charge is -2.15. The molecule has 0 unspecified atom stereocenters. The summed E-state index contributed by atoms with van der Waals surface area (Å²) < 4.78 is 2.02. The molecule has 1 aromatic heterocycles. The van der Waals surface area contributed by atoms with E-state index in [1.807, 2.05) is 71.3 Å².